The second kappa shape index (κ2) is 8.08. The number of aromatic nitrogens is 2. The fraction of sp³-hybridized carbons (Fsp3) is 0.357. The average molecular weight is 406 g/mol. The second-order valence-electron chi connectivity index (χ2n) is 5.27. The molecule has 1 aliphatic carbocycles. The van der Waals surface area contributed by atoms with Crippen LogP contribution in [0.15, 0.2) is 33.6 Å². The van der Waals surface area contributed by atoms with Crippen molar-refractivity contribution < 1.29 is 18.0 Å². The summed E-state index contributed by atoms with van der Waals surface area (Å²) in [6, 6.07) is 0. The highest BCUT2D eigenvalue weighted by molar-refractivity contribution is 8.00. The normalized spacial score (nSPS) is 17.5. The molecule has 1 unspecified atom stereocenters. The first-order valence-electron chi connectivity index (χ1n) is 7.26. The highest BCUT2D eigenvalue weighted by Gasteiger charge is 2.39. The summed E-state index contributed by atoms with van der Waals surface area (Å²) in [5.41, 5.74) is 17.5. The van der Waals surface area contributed by atoms with Crippen LogP contribution >= 0.6 is 23.5 Å². The van der Waals surface area contributed by atoms with Gasteiger partial charge in [0.05, 0.1) is 28.8 Å². The maximum atomic E-state index is 12.8. The van der Waals surface area contributed by atoms with Gasteiger partial charge in [-0.05, 0) is 18.8 Å². The van der Waals surface area contributed by atoms with Gasteiger partial charge in [-0.1, -0.05) is 17.8 Å². The number of allylic oxidation sites excluding steroid dienone is 2. The molecule has 0 saturated carbocycles. The molecular formula is C14H17F3N6OS2. The van der Waals surface area contributed by atoms with Crippen LogP contribution in [0, 0.1) is 5.92 Å². The summed E-state index contributed by atoms with van der Waals surface area (Å²) in [5.74, 6) is -2.33. The first-order chi connectivity index (χ1) is 12.1. The molecule has 1 aromatic heterocycles. The van der Waals surface area contributed by atoms with Crippen molar-refractivity contribution in [2.45, 2.75) is 22.6 Å². The molecule has 0 aromatic carbocycles. The van der Waals surface area contributed by atoms with Gasteiger partial charge in [0.25, 0.3) is 0 Å². The van der Waals surface area contributed by atoms with Crippen molar-refractivity contribution in [1.29, 1.82) is 0 Å². The lowest BCUT2D eigenvalue weighted by Crippen LogP contribution is -2.32. The lowest BCUT2D eigenvalue weighted by molar-refractivity contribution is -0.160. The summed E-state index contributed by atoms with van der Waals surface area (Å²) in [6.45, 7) is 0. The van der Waals surface area contributed by atoms with Crippen molar-refractivity contribution in [3.63, 3.8) is 0 Å². The molecule has 12 heteroatoms. The summed E-state index contributed by atoms with van der Waals surface area (Å²) in [5, 5.41) is 3.20. The van der Waals surface area contributed by atoms with Crippen LogP contribution in [0.1, 0.15) is 6.42 Å². The second-order valence-corrected chi connectivity index (χ2v) is 7.03. The molecule has 0 bridgehead atoms. The van der Waals surface area contributed by atoms with E-state index >= 15 is 0 Å². The molecule has 26 heavy (non-hydrogen) atoms. The Balaban J connectivity index is 2.04. The number of rotatable bonds is 5. The molecule has 2 rings (SSSR count). The Morgan fingerprint density at radius 2 is 1.96 bits per heavy atom. The van der Waals surface area contributed by atoms with Crippen molar-refractivity contribution >= 4 is 41.1 Å². The van der Waals surface area contributed by atoms with Gasteiger partial charge < -0.3 is 22.5 Å². The maximum absolute atomic E-state index is 12.8. The number of halogens is 3. The zero-order chi connectivity index (χ0) is 19.5. The van der Waals surface area contributed by atoms with Gasteiger partial charge in [0.15, 0.2) is 0 Å². The molecule has 0 radical (unpaired) electrons. The van der Waals surface area contributed by atoms with Crippen molar-refractivity contribution in [2.75, 3.05) is 23.5 Å². The van der Waals surface area contributed by atoms with Crippen LogP contribution in [-0.2, 0) is 4.79 Å². The van der Waals surface area contributed by atoms with Gasteiger partial charge in [0.1, 0.15) is 10.1 Å². The number of carbonyl (C=O) groups is 1. The molecule has 1 atom stereocenters. The zero-order valence-corrected chi connectivity index (χ0v) is 15.3. The monoisotopic (exact) mass is 406 g/mol. The molecule has 1 aromatic rings. The standard InChI is InChI=1S/C14H17F3N6OS2/c1-25-11-10(19)12(23-13(20)22-11)26-5-9(24)21-8-4-6(14(15,16)17)2-3-7(8)18/h3-4,6H,2,5,18-19H2,1H3,(H,21,24)(H2,20,22,23). The molecule has 0 saturated heterocycles. The van der Waals surface area contributed by atoms with Crippen LogP contribution in [0.3, 0.4) is 0 Å². The Morgan fingerprint density at radius 3 is 2.58 bits per heavy atom. The first-order valence-corrected chi connectivity index (χ1v) is 9.47. The molecular weight excluding hydrogens is 389 g/mol. The highest BCUT2D eigenvalue weighted by atomic mass is 32.2. The first kappa shape index (κ1) is 20.2. The summed E-state index contributed by atoms with van der Waals surface area (Å²) in [7, 11) is 0. The molecule has 7 nitrogen and oxygen atoms in total. The van der Waals surface area contributed by atoms with E-state index in [1.165, 1.54) is 17.8 Å². The minimum atomic E-state index is -4.40. The van der Waals surface area contributed by atoms with E-state index in [9.17, 15) is 18.0 Å². The largest absolute Gasteiger partial charge is 0.397 e. The van der Waals surface area contributed by atoms with Crippen LogP contribution in [0.5, 0.6) is 0 Å². The number of hydrogen-bond acceptors (Lipinski definition) is 8. The van der Waals surface area contributed by atoms with Crippen LogP contribution < -0.4 is 22.5 Å². The number of nitrogens with one attached hydrogen (secondary N) is 1. The van der Waals surface area contributed by atoms with E-state index in [2.05, 4.69) is 15.3 Å². The molecule has 0 aliphatic heterocycles. The number of nitrogens with two attached hydrogens (primary N) is 3. The van der Waals surface area contributed by atoms with E-state index in [0.717, 1.165) is 17.8 Å². The predicted octanol–water partition coefficient (Wildman–Crippen LogP) is 1.88. The Labute approximate surface area is 156 Å². The van der Waals surface area contributed by atoms with E-state index in [-0.39, 0.29) is 35.2 Å². The Bertz CT molecular complexity index is 766. The van der Waals surface area contributed by atoms with Gasteiger partial charge in [-0.3, -0.25) is 4.79 Å². The van der Waals surface area contributed by atoms with Crippen molar-refractivity contribution in [1.82, 2.24) is 15.3 Å². The summed E-state index contributed by atoms with van der Waals surface area (Å²) in [6.07, 6.45) is -0.725. The molecule has 0 fully saturated rings. The number of anilines is 2. The van der Waals surface area contributed by atoms with Gasteiger partial charge in [-0.15, -0.1) is 11.8 Å². The maximum Gasteiger partial charge on any atom is 0.395 e. The Morgan fingerprint density at radius 1 is 1.31 bits per heavy atom. The quantitative estimate of drug-likeness (QED) is 0.430. The average Bonchev–Trinajstić information content (AvgIpc) is 2.56. The Kier molecular flexibility index (Phi) is 6.29. The SMILES string of the molecule is CSc1nc(N)nc(SCC(=O)NC2=CC(C(F)(F)F)CC=C2N)c1N. The van der Waals surface area contributed by atoms with E-state index in [4.69, 9.17) is 17.2 Å². The van der Waals surface area contributed by atoms with Gasteiger partial charge in [-0.2, -0.15) is 13.2 Å². The smallest absolute Gasteiger partial charge is 0.395 e. The highest BCUT2D eigenvalue weighted by Crippen LogP contribution is 2.34. The van der Waals surface area contributed by atoms with Crippen molar-refractivity contribution in [2.24, 2.45) is 11.7 Å². The van der Waals surface area contributed by atoms with E-state index in [1.807, 2.05) is 0 Å². The Hall–Kier alpha value is -2.08. The third-order valence-electron chi connectivity index (χ3n) is 3.39. The van der Waals surface area contributed by atoms with Gasteiger partial charge in [0, 0.05) is 0 Å². The summed E-state index contributed by atoms with van der Waals surface area (Å²) >= 11 is 2.28. The fourth-order valence-electron chi connectivity index (χ4n) is 2.10. The molecule has 7 N–H and O–H groups in total. The third kappa shape index (κ3) is 4.97. The van der Waals surface area contributed by atoms with E-state index < -0.39 is 18.0 Å². The molecule has 1 amide bonds. The van der Waals surface area contributed by atoms with Crippen molar-refractivity contribution in [3.8, 4) is 0 Å². The number of carbonyl (C=O) groups excluding carboxylic acids is 1. The number of thioether (sulfide) groups is 2. The molecule has 142 valence electrons. The van der Waals surface area contributed by atoms with E-state index in [1.54, 1.807) is 6.26 Å². The fourth-order valence-corrected chi connectivity index (χ4v) is 3.42. The summed E-state index contributed by atoms with van der Waals surface area (Å²) < 4.78 is 38.5. The van der Waals surface area contributed by atoms with Gasteiger partial charge in [0.2, 0.25) is 11.9 Å². The number of hydrogen-bond donors (Lipinski definition) is 4. The number of amides is 1. The van der Waals surface area contributed by atoms with E-state index in [0.29, 0.717) is 10.1 Å². The third-order valence-corrected chi connectivity index (χ3v) is 5.08. The zero-order valence-electron chi connectivity index (χ0n) is 13.6. The number of alkyl halides is 3. The molecule has 1 aliphatic rings. The van der Waals surface area contributed by atoms with Gasteiger partial charge in [-0.25, -0.2) is 9.97 Å². The van der Waals surface area contributed by atoms with Crippen molar-refractivity contribution in [3.05, 3.63) is 23.5 Å². The van der Waals surface area contributed by atoms with Crippen LogP contribution in [0.25, 0.3) is 0 Å². The minimum absolute atomic E-state index is 0.0154. The van der Waals surface area contributed by atoms with Crippen LogP contribution in [0.4, 0.5) is 24.8 Å². The summed E-state index contributed by atoms with van der Waals surface area (Å²) in [4.78, 5) is 20.0. The predicted molar refractivity (Wildman–Crippen MR) is 96.0 cm³/mol. The number of nitrogen functional groups attached to an aromatic ring is 2. The van der Waals surface area contributed by atoms with Crippen LogP contribution in [0.2, 0.25) is 0 Å². The number of nitrogens with zero attached hydrogens (tertiary/aromatic N) is 2. The lowest BCUT2D eigenvalue weighted by Gasteiger charge is -2.22. The van der Waals surface area contributed by atoms with Gasteiger partial charge >= 0.3 is 6.18 Å². The minimum Gasteiger partial charge on any atom is -0.397 e. The molecule has 0 spiro atoms. The topological polar surface area (TPSA) is 133 Å². The van der Waals surface area contributed by atoms with Crippen LogP contribution in [-0.4, -0.2) is 34.1 Å². The lowest BCUT2D eigenvalue weighted by atomic mass is 9.97. The molecule has 1 heterocycles.